The molecule has 2 aromatic rings. The third-order valence-electron chi connectivity index (χ3n) is 3.42. The predicted octanol–water partition coefficient (Wildman–Crippen LogP) is 4.31. The lowest BCUT2D eigenvalue weighted by atomic mass is 10.1. The zero-order chi connectivity index (χ0) is 18.8. The topological polar surface area (TPSA) is 57.1 Å². The number of hydrogen-bond donors (Lipinski definition) is 1. The van der Waals surface area contributed by atoms with Crippen LogP contribution in [0.25, 0.3) is 0 Å². The third-order valence-corrected chi connectivity index (χ3v) is 5.42. The van der Waals surface area contributed by atoms with Gasteiger partial charge in [-0.25, -0.2) is 17.8 Å². The second kappa shape index (κ2) is 7.04. The van der Waals surface area contributed by atoms with Crippen molar-refractivity contribution in [2.24, 2.45) is 0 Å². The van der Waals surface area contributed by atoms with Crippen LogP contribution in [0.5, 0.6) is 0 Å². The van der Waals surface area contributed by atoms with Crippen LogP contribution in [0.3, 0.4) is 0 Å². The van der Waals surface area contributed by atoms with E-state index in [-0.39, 0.29) is 5.56 Å². The smallest absolute Gasteiger partial charge is 0.260 e. The molecule has 4 nitrogen and oxygen atoms in total. The fourth-order valence-electron chi connectivity index (χ4n) is 2.36. The Morgan fingerprint density at radius 3 is 2.24 bits per heavy atom. The van der Waals surface area contributed by atoms with Gasteiger partial charge in [0.1, 0.15) is 27.6 Å². The number of nitrogens with one attached hydrogen (secondary N) is 1. The summed E-state index contributed by atoms with van der Waals surface area (Å²) in [6, 6.07) is 1.80. The summed E-state index contributed by atoms with van der Waals surface area (Å²) >= 11 is 0. The lowest BCUT2D eigenvalue weighted by Crippen LogP contribution is -2.41. The van der Waals surface area contributed by atoms with Gasteiger partial charge in [0.2, 0.25) is 0 Å². The van der Waals surface area contributed by atoms with Crippen molar-refractivity contribution in [1.29, 1.82) is 4.78 Å². The Morgan fingerprint density at radius 2 is 1.76 bits per heavy atom. The van der Waals surface area contributed by atoms with E-state index in [1.807, 2.05) is 0 Å². The third kappa shape index (κ3) is 4.13. The maximum Gasteiger partial charge on any atom is 0.409 e. The number of hydrogen-bond acceptors (Lipinski definition) is 3. The van der Waals surface area contributed by atoms with Crippen molar-refractivity contribution < 1.29 is 26.2 Å². The molecule has 25 heavy (non-hydrogen) atoms. The number of benzene rings is 1. The summed E-state index contributed by atoms with van der Waals surface area (Å²) in [6.45, 7) is 0.879. The molecule has 136 valence electrons. The molecular formula is C15H14F5N3OS. The van der Waals surface area contributed by atoms with Crippen molar-refractivity contribution in [2.45, 2.75) is 24.0 Å². The molecule has 0 bridgehead atoms. The molecule has 0 aliphatic carbocycles. The van der Waals surface area contributed by atoms with Crippen LogP contribution in [0.4, 0.5) is 22.0 Å². The SMILES string of the molecule is CCN([C@H](c1ccc(F)cc1)C(F)(F)F)S(=N)(=O)c1cncc(F)c1. The van der Waals surface area contributed by atoms with Crippen molar-refractivity contribution in [1.82, 2.24) is 9.29 Å². The molecule has 0 amide bonds. The van der Waals surface area contributed by atoms with Crippen LogP contribution in [-0.2, 0) is 9.92 Å². The van der Waals surface area contributed by atoms with Gasteiger partial charge in [-0.1, -0.05) is 19.1 Å². The van der Waals surface area contributed by atoms with Gasteiger partial charge in [-0.15, -0.1) is 0 Å². The molecule has 0 radical (unpaired) electrons. The van der Waals surface area contributed by atoms with E-state index in [0.717, 1.165) is 36.7 Å². The molecule has 0 saturated heterocycles. The first-order valence-electron chi connectivity index (χ1n) is 7.05. The van der Waals surface area contributed by atoms with Crippen LogP contribution in [0.1, 0.15) is 18.5 Å². The van der Waals surface area contributed by atoms with E-state index in [1.165, 1.54) is 6.92 Å². The highest BCUT2D eigenvalue weighted by molar-refractivity contribution is 7.90. The number of alkyl halides is 3. The van der Waals surface area contributed by atoms with Crippen molar-refractivity contribution in [2.75, 3.05) is 6.54 Å². The molecule has 1 aromatic heterocycles. The lowest BCUT2D eigenvalue weighted by molar-refractivity contribution is -0.173. The van der Waals surface area contributed by atoms with Crippen LogP contribution in [0.15, 0.2) is 47.6 Å². The molecule has 0 spiro atoms. The number of pyridine rings is 1. The number of rotatable bonds is 5. The zero-order valence-corrected chi connectivity index (χ0v) is 13.7. The zero-order valence-electron chi connectivity index (χ0n) is 12.9. The van der Waals surface area contributed by atoms with E-state index in [0.29, 0.717) is 10.4 Å². The molecular weight excluding hydrogens is 365 g/mol. The first kappa shape index (κ1) is 19.3. The summed E-state index contributed by atoms with van der Waals surface area (Å²) in [5.41, 5.74) is -0.375. The van der Waals surface area contributed by atoms with Gasteiger partial charge in [0.05, 0.1) is 11.1 Å². The van der Waals surface area contributed by atoms with Gasteiger partial charge >= 0.3 is 6.18 Å². The summed E-state index contributed by atoms with van der Waals surface area (Å²) in [6.07, 6.45) is -3.21. The Labute approximate surface area is 141 Å². The van der Waals surface area contributed by atoms with Crippen LogP contribution in [0, 0.1) is 16.4 Å². The Balaban J connectivity index is 2.59. The number of nitrogens with zero attached hydrogens (tertiary/aromatic N) is 2. The van der Waals surface area contributed by atoms with E-state index in [2.05, 4.69) is 4.98 Å². The van der Waals surface area contributed by atoms with Gasteiger partial charge in [0.15, 0.2) is 0 Å². The summed E-state index contributed by atoms with van der Waals surface area (Å²) in [4.78, 5) is 2.96. The largest absolute Gasteiger partial charge is 0.409 e. The van der Waals surface area contributed by atoms with E-state index in [4.69, 9.17) is 4.78 Å². The van der Waals surface area contributed by atoms with Crippen molar-refractivity contribution >= 4 is 9.92 Å². The highest BCUT2D eigenvalue weighted by atomic mass is 32.2. The first-order valence-corrected chi connectivity index (χ1v) is 8.57. The van der Waals surface area contributed by atoms with Crippen molar-refractivity contribution in [3.8, 4) is 0 Å². The van der Waals surface area contributed by atoms with Crippen LogP contribution >= 0.6 is 0 Å². The minimum absolute atomic E-state index is 0.375. The standard InChI is InChI=1S/C15H14F5N3OS/c1-2-23(25(21,24)13-7-12(17)8-22-9-13)14(15(18,19)20)10-3-5-11(16)6-4-10/h3-9,14,21H,2H2,1H3/t14-,25?/m1/s1. The summed E-state index contributed by atoms with van der Waals surface area (Å²) in [5, 5.41) is 0. The molecule has 0 saturated carbocycles. The quantitative estimate of drug-likeness (QED) is 0.788. The summed E-state index contributed by atoms with van der Waals surface area (Å²) < 4.78 is 88.5. The Bertz CT molecular complexity index is 837. The van der Waals surface area contributed by atoms with Crippen LogP contribution in [-0.4, -0.2) is 26.2 Å². The fraction of sp³-hybridized carbons (Fsp3) is 0.267. The minimum atomic E-state index is -4.89. The average Bonchev–Trinajstić information content (AvgIpc) is 2.52. The lowest BCUT2D eigenvalue weighted by Gasteiger charge is -2.33. The van der Waals surface area contributed by atoms with Crippen molar-refractivity contribution in [3.63, 3.8) is 0 Å². The predicted molar refractivity (Wildman–Crippen MR) is 80.9 cm³/mol. The average molecular weight is 379 g/mol. The van der Waals surface area contributed by atoms with Crippen LogP contribution < -0.4 is 0 Å². The molecule has 1 unspecified atom stereocenters. The van der Waals surface area contributed by atoms with Gasteiger partial charge in [-0.05, 0) is 23.8 Å². The van der Waals surface area contributed by atoms with Gasteiger partial charge in [0.25, 0.3) is 0 Å². The molecule has 2 rings (SSSR count). The molecule has 1 heterocycles. The second-order valence-corrected chi connectivity index (χ2v) is 7.09. The fourth-order valence-corrected chi connectivity index (χ4v) is 4.00. The monoisotopic (exact) mass is 379 g/mol. The molecule has 1 aromatic carbocycles. The molecule has 2 atom stereocenters. The maximum atomic E-state index is 13.6. The van der Waals surface area contributed by atoms with E-state index in [9.17, 15) is 26.2 Å². The summed E-state index contributed by atoms with van der Waals surface area (Å²) in [7, 11) is -4.20. The normalized spacial score (nSPS) is 15.8. The van der Waals surface area contributed by atoms with Crippen LogP contribution in [0.2, 0.25) is 0 Å². The highest BCUT2D eigenvalue weighted by Crippen LogP contribution is 2.40. The van der Waals surface area contributed by atoms with E-state index in [1.54, 1.807) is 0 Å². The second-order valence-electron chi connectivity index (χ2n) is 5.09. The Kier molecular flexibility index (Phi) is 5.43. The van der Waals surface area contributed by atoms with Gasteiger partial charge in [-0.2, -0.15) is 17.5 Å². The molecule has 0 fully saturated rings. The van der Waals surface area contributed by atoms with E-state index < -0.39 is 45.2 Å². The molecule has 0 aliphatic heterocycles. The molecule has 1 N–H and O–H groups in total. The minimum Gasteiger partial charge on any atom is -0.260 e. The highest BCUT2D eigenvalue weighted by Gasteiger charge is 2.47. The molecule has 10 heteroatoms. The van der Waals surface area contributed by atoms with Gasteiger partial charge in [-0.3, -0.25) is 4.98 Å². The Morgan fingerprint density at radius 1 is 1.16 bits per heavy atom. The Hall–Kier alpha value is -2.07. The van der Waals surface area contributed by atoms with Gasteiger partial charge < -0.3 is 0 Å². The number of aromatic nitrogens is 1. The van der Waals surface area contributed by atoms with Gasteiger partial charge in [0, 0.05) is 12.7 Å². The first-order chi connectivity index (χ1) is 11.6. The summed E-state index contributed by atoms with van der Waals surface area (Å²) in [5.74, 6) is -1.65. The number of halogens is 5. The van der Waals surface area contributed by atoms with E-state index >= 15 is 0 Å². The molecule has 0 aliphatic rings. The maximum absolute atomic E-state index is 13.6. The van der Waals surface area contributed by atoms with Crippen molar-refractivity contribution in [3.05, 3.63) is 59.9 Å².